The summed E-state index contributed by atoms with van der Waals surface area (Å²) in [6.45, 7) is 4.75. The Morgan fingerprint density at radius 2 is 1.90 bits per heavy atom. The minimum Gasteiger partial charge on any atom is -0.368 e. The molecule has 0 saturated carbocycles. The molecule has 8 nitrogen and oxygen atoms in total. The van der Waals surface area contributed by atoms with Crippen LogP contribution in [-0.2, 0) is 12.4 Å². The van der Waals surface area contributed by atoms with Gasteiger partial charge in [0.25, 0.3) is 11.8 Å². The van der Waals surface area contributed by atoms with Gasteiger partial charge in [-0.3, -0.25) is 4.79 Å². The zero-order valence-electron chi connectivity index (χ0n) is 20.6. The van der Waals surface area contributed by atoms with Crippen molar-refractivity contribution in [2.75, 3.05) is 23.5 Å². The van der Waals surface area contributed by atoms with Crippen molar-refractivity contribution in [1.82, 2.24) is 14.9 Å². The van der Waals surface area contributed by atoms with Gasteiger partial charge in [-0.15, -0.1) is 0 Å². The van der Waals surface area contributed by atoms with Gasteiger partial charge < -0.3 is 10.2 Å². The highest BCUT2D eigenvalue weighted by atomic mass is 19.4. The van der Waals surface area contributed by atoms with E-state index in [9.17, 15) is 39.9 Å². The number of nitrogens with zero attached hydrogens (tertiary/aromatic N) is 6. The largest absolute Gasteiger partial charge is 0.433 e. The van der Waals surface area contributed by atoms with Crippen LogP contribution in [0.5, 0.6) is 0 Å². The van der Waals surface area contributed by atoms with Crippen LogP contribution < -0.4 is 10.4 Å². The number of hydrogen-bond acceptors (Lipinski definition) is 7. The molecule has 1 N–H and O–H groups in total. The van der Waals surface area contributed by atoms with E-state index in [-0.39, 0.29) is 18.1 Å². The van der Waals surface area contributed by atoms with Crippen LogP contribution in [0.2, 0.25) is 0 Å². The standard InChI is InChI=1S/C23H23F8N7O/c1-4-35-38(32-3)15-6-7-17(23(29,30)31)36-19(15)20(39)37-12-21(24,25)9-13(2)16(37)11-34-18-8-5-14(10-33-18)22(26,27)28/h4-8,10,13,16H,3,9,11-12H2,1-2H3,(H,33,34)/b35-4-/t13-,16-/m1/s1. The number of halogens is 8. The van der Waals surface area contributed by atoms with Crippen molar-refractivity contribution in [3.8, 4) is 0 Å². The summed E-state index contributed by atoms with van der Waals surface area (Å²) in [5.74, 6) is -5.54. The molecule has 1 amide bonds. The molecule has 3 heterocycles. The van der Waals surface area contributed by atoms with Crippen LogP contribution >= 0.6 is 0 Å². The van der Waals surface area contributed by atoms with E-state index in [1.807, 2.05) is 0 Å². The summed E-state index contributed by atoms with van der Waals surface area (Å²) in [4.78, 5) is 21.4. The van der Waals surface area contributed by atoms with E-state index in [1.54, 1.807) is 0 Å². The second kappa shape index (κ2) is 11.1. The monoisotopic (exact) mass is 565 g/mol. The number of anilines is 2. The zero-order valence-corrected chi connectivity index (χ0v) is 20.6. The van der Waals surface area contributed by atoms with E-state index in [1.165, 1.54) is 20.1 Å². The molecule has 212 valence electrons. The Hall–Kier alpha value is -3.85. The van der Waals surface area contributed by atoms with E-state index in [0.717, 1.165) is 23.3 Å². The minimum atomic E-state index is -4.96. The fourth-order valence-corrected chi connectivity index (χ4v) is 4.10. The number of piperidine rings is 1. The van der Waals surface area contributed by atoms with Crippen molar-refractivity contribution in [3.05, 3.63) is 47.4 Å². The van der Waals surface area contributed by atoms with Gasteiger partial charge in [0.15, 0.2) is 5.69 Å². The molecule has 1 saturated heterocycles. The lowest BCUT2D eigenvalue weighted by molar-refractivity contribution is -0.141. The molecule has 1 aliphatic rings. The zero-order chi connectivity index (χ0) is 29.2. The second-order valence-corrected chi connectivity index (χ2v) is 8.72. The van der Waals surface area contributed by atoms with Gasteiger partial charge in [0.1, 0.15) is 17.2 Å². The van der Waals surface area contributed by atoms with Crippen molar-refractivity contribution in [2.24, 2.45) is 16.1 Å². The van der Waals surface area contributed by atoms with Crippen LogP contribution in [0.25, 0.3) is 0 Å². The van der Waals surface area contributed by atoms with E-state index in [4.69, 9.17) is 0 Å². The van der Waals surface area contributed by atoms with Crippen molar-refractivity contribution in [1.29, 1.82) is 0 Å². The van der Waals surface area contributed by atoms with Crippen LogP contribution in [0.4, 0.5) is 46.6 Å². The summed E-state index contributed by atoms with van der Waals surface area (Å²) in [5.41, 5.74) is -3.63. The van der Waals surface area contributed by atoms with Crippen molar-refractivity contribution in [2.45, 2.75) is 44.6 Å². The predicted molar refractivity (Wildman–Crippen MR) is 127 cm³/mol. The highest BCUT2D eigenvalue weighted by Gasteiger charge is 2.47. The summed E-state index contributed by atoms with van der Waals surface area (Å²) in [6.07, 6.45) is -8.44. The molecule has 0 bridgehead atoms. The van der Waals surface area contributed by atoms with Gasteiger partial charge in [-0.2, -0.15) is 41.7 Å². The maximum atomic E-state index is 14.6. The SMILES string of the molecule is C=NN(/N=C\C)c1ccc(C(F)(F)F)nc1C(=O)N1CC(F)(F)C[C@@H](C)[C@H]1CNc1ccc(C(F)(F)F)cn1. The van der Waals surface area contributed by atoms with Crippen molar-refractivity contribution >= 4 is 30.3 Å². The van der Waals surface area contributed by atoms with Crippen LogP contribution in [0.15, 0.2) is 40.7 Å². The molecule has 2 aromatic heterocycles. The molecule has 0 aromatic carbocycles. The third-order valence-corrected chi connectivity index (χ3v) is 5.86. The maximum absolute atomic E-state index is 14.6. The van der Waals surface area contributed by atoms with E-state index < -0.39 is 66.1 Å². The smallest absolute Gasteiger partial charge is 0.368 e. The van der Waals surface area contributed by atoms with Gasteiger partial charge in [0, 0.05) is 32.1 Å². The van der Waals surface area contributed by atoms with Crippen LogP contribution in [0, 0.1) is 5.92 Å². The quantitative estimate of drug-likeness (QED) is 0.271. The first-order chi connectivity index (χ1) is 18.1. The lowest BCUT2D eigenvalue weighted by Gasteiger charge is -2.43. The normalized spacial score (nSPS) is 19.7. The predicted octanol–water partition coefficient (Wildman–Crippen LogP) is 5.54. The lowest BCUT2D eigenvalue weighted by Crippen LogP contribution is -2.57. The number of likely N-dealkylation sites (tertiary alicyclic amines) is 1. The number of hydrogen-bond donors (Lipinski definition) is 1. The maximum Gasteiger partial charge on any atom is 0.433 e. The van der Waals surface area contributed by atoms with Gasteiger partial charge in [-0.1, -0.05) is 6.92 Å². The van der Waals surface area contributed by atoms with Gasteiger partial charge >= 0.3 is 12.4 Å². The molecule has 0 radical (unpaired) electrons. The molecule has 0 aliphatic carbocycles. The Balaban J connectivity index is 2.00. The molecule has 39 heavy (non-hydrogen) atoms. The molecule has 2 atom stereocenters. The van der Waals surface area contributed by atoms with Crippen molar-refractivity contribution < 1.29 is 39.9 Å². The van der Waals surface area contributed by atoms with E-state index in [0.29, 0.717) is 17.2 Å². The van der Waals surface area contributed by atoms with Crippen LogP contribution in [0.3, 0.4) is 0 Å². The number of aromatic nitrogens is 2. The van der Waals surface area contributed by atoms with Crippen LogP contribution in [0.1, 0.15) is 42.0 Å². The third-order valence-electron chi connectivity index (χ3n) is 5.86. The molecule has 1 aliphatic heterocycles. The fraction of sp³-hybridized carbons (Fsp3) is 0.435. The second-order valence-electron chi connectivity index (χ2n) is 8.72. The van der Waals surface area contributed by atoms with Crippen LogP contribution in [-0.4, -0.2) is 58.8 Å². The highest BCUT2D eigenvalue weighted by Crippen LogP contribution is 2.37. The van der Waals surface area contributed by atoms with Gasteiger partial charge in [0.2, 0.25) is 0 Å². The first kappa shape index (κ1) is 29.7. The third kappa shape index (κ3) is 6.97. The number of pyridine rings is 2. The summed E-state index contributed by atoms with van der Waals surface area (Å²) >= 11 is 0. The fourth-order valence-electron chi connectivity index (χ4n) is 4.10. The molecule has 0 spiro atoms. The Bertz CT molecular complexity index is 1210. The Morgan fingerprint density at radius 1 is 1.21 bits per heavy atom. The van der Waals surface area contributed by atoms with E-state index in [2.05, 4.69) is 32.2 Å². The number of alkyl halides is 8. The summed E-state index contributed by atoms with van der Waals surface area (Å²) < 4.78 is 108. The van der Waals surface area contributed by atoms with Gasteiger partial charge in [0.05, 0.1) is 18.2 Å². The van der Waals surface area contributed by atoms with Gasteiger partial charge in [-0.25, -0.2) is 18.7 Å². The Morgan fingerprint density at radius 3 is 2.44 bits per heavy atom. The number of hydrazone groups is 2. The molecule has 1 fully saturated rings. The number of carbonyl (C=O) groups excluding carboxylic acids is 1. The number of amides is 1. The summed E-state index contributed by atoms with van der Waals surface area (Å²) in [7, 11) is 0. The molecule has 2 aromatic rings. The average Bonchev–Trinajstić information content (AvgIpc) is 2.84. The lowest BCUT2D eigenvalue weighted by atomic mass is 9.88. The molecular weight excluding hydrogens is 542 g/mol. The molecule has 16 heteroatoms. The molecule has 0 unspecified atom stereocenters. The summed E-state index contributed by atoms with van der Waals surface area (Å²) in [5, 5.41) is 10.8. The topological polar surface area (TPSA) is 86.1 Å². The Kier molecular flexibility index (Phi) is 8.45. The summed E-state index contributed by atoms with van der Waals surface area (Å²) in [6, 6.07) is 2.22. The first-order valence-electron chi connectivity index (χ1n) is 11.4. The highest BCUT2D eigenvalue weighted by molar-refractivity contribution is 5.98. The number of carbonyl (C=O) groups is 1. The number of nitrogens with one attached hydrogen (secondary N) is 1. The van der Waals surface area contributed by atoms with Crippen molar-refractivity contribution in [3.63, 3.8) is 0 Å². The van der Waals surface area contributed by atoms with Gasteiger partial charge in [-0.05, 0) is 37.1 Å². The molecule has 3 rings (SSSR count). The first-order valence-corrected chi connectivity index (χ1v) is 11.4. The average molecular weight is 565 g/mol. The van der Waals surface area contributed by atoms with E-state index >= 15 is 0 Å². The Labute approximate surface area is 217 Å². The number of rotatable bonds is 7. The minimum absolute atomic E-state index is 0.0304. The molecular formula is C23H23F8N7O.